The molecular weight excluding hydrogens is 446 g/mol. The van der Waals surface area contributed by atoms with Gasteiger partial charge in [0.05, 0.1) is 5.92 Å². The number of hydrogen-bond acceptors (Lipinski definition) is 2. The van der Waals surface area contributed by atoms with Gasteiger partial charge in [-0.1, -0.05) is 49.7 Å². The quantitative estimate of drug-likeness (QED) is 0.362. The zero-order valence-electron chi connectivity index (χ0n) is 16.4. The van der Waals surface area contributed by atoms with Crippen LogP contribution in [0.4, 0.5) is 26.3 Å². The molecule has 0 unspecified atom stereocenters. The molecule has 1 aliphatic carbocycles. The molecule has 0 amide bonds. The molecule has 0 bridgehead atoms. The monoisotopic (exact) mass is 462 g/mol. The Morgan fingerprint density at radius 2 is 1.74 bits per heavy atom. The van der Waals surface area contributed by atoms with Crippen molar-refractivity contribution in [2.24, 2.45) is 17.3 Å². The van der Waals surface area contributed by atoms with Crippen LogP contribution in [0.5, 0.6) is 0 Å². The van der Waals surface area contributed by atoms with Gasteiger partial charge in [-0.05, 0) is 29.0 Å². The van der Waals surface area contributed by atoms with Crippen LogP contribution in [0.2, 0.25) is 0 Å². The molecule has 0 spiro atoms. The Hall–Kier alpha value is -2.48. The Morgan fingerprint density at radius 1 is 1.13 bits per heavy atom. The lowest BCUT2D eigenvalue weighted by Crippen LogP contribution is -2.11. The predicted octanol–water partition coefficient (Wildman–Crippen LogP) is 6.77. The molecule has 0 saturated heterocycles. The van der Waals surface area contributed by atoms with E-state index in [9.17, 15) is 31.1 Å². The van der Waals surface area contributed by atoms with Crippen molar-refractivity contribution in [2.75, 3.05) is 0 Å². The molecule has 0 aromatic heterocycles. The molecule has 2 aromatic carbocycles. The van der Waals surface area contributed by atoms with E-state index in [0.717, 1.165) is 18.2 Å². The van der Waals surface area contributed by atoms with Gasteiger partial charge in [0.2, 0.25) is 0 Å². The van der Waals surface area contributed by atoms with Crippen LogP contribution in [0.15, 0.2) is 47.5 Å². The third-order valence-corrected chi connectivity index (χ3v) is 5.72. The molecule has 9 heteroatoms. The van der Waals surface area contributed by atoms with Crippen LogP contribution in [-0.2, 0) is 16.1 Å². The normalized spacial score (nSPS) is 20.5. The summed E-state index contributed by atoms with van der Waals surface area (Å²) in [6.07, 6.45) is -3.93. The first kappa shape index (κ1) is 23.2. The van der Waals surface area contributed by atoms with Crippen LogP contribution in [0.25, 0.3) is 11.1 Å². The second-order valence-electron chi connectivity index (χ2n) is 7.88. The third-order valence-electron chi connectivity index (χ3n) is 5.38. The van der Waals surface area contributed by atoms with Crippen molar-refractivity contribution in [2.45, 2.75) is 26.6 Å². The van der Waals surface area contributed by atoms with Crippen molar-refractivity contribution in [1.29, 1.82) is 0 Å². The molecule has 3 rings (SSSR count). The average Bonchev–Trinajstić information content (AvgIpc) is 3.19. The minimum atomic E-state index is -4.71. The molecule has 0 radical (unpaired) electrons. The summed E-state index contributed by atoms with van der Waals surface area (Å²) in [6, 6.07) is 6.66. The van der Waals surface area contributed by atoms with Crippen LogP contribution in [0.3, 0.4) is 0 Å². The van der Waals surface area contributed by atoms with Gasteiger partial charge in [-0.25, -0.2) is 13.2 Å². The highest BCUT2D eigenvalue weighted by Crippen LogP contribution is 2.60. The van der Waals surface area contributed by atoms with Crippen LogP contribution in [0, 0.1) is 34.7 Å². The second kappa shape index (κ2) is 8.22. The number of rotatable bonds is 5. The molecule has 1 aliphatic rings. The van der Waals surface area contributed by atoms with E-state index in [4.69, 9.17) is 16.3 Å². The van der Waals surface area contributed by atoms with E-state index in [2.05, 4.69) is 0 Å². The first-order valence-electron chi connectivity index (χ1n) is 9.17. The standard InChI is InChI=1S/C22H17ClF6O2/c1-21(2)16(9-17(23)22(27,28)29)18(21)20(30)31-10-11-4-3-5-15(19(11)26)12-6-13(24)8-14(25)7-12/h3-9,16,18H,10H2,1-2H3/b17-9-/t16-,18-/m0/s1. The predicted molar refractivity (Wildman–Crippen MR) is 102 cm³/mol. The largest absolute Gasteiger partial charge is 0.460 e. The van der Waals surface area contributed by atoms with E-state index < -0.39 is 58.5 Å². The van der Waals surface area contributed by atoms with Gasteiger partial charge in [-0.3, -0.25) is 4.79 Å². The summed E-state index contributed by atoms with van der Waals surface area (Å²) in [5.41, 5.74) is -0.966. The lowest BCUT2D eigenvalue weighted by atomic mass is 10.0. The number of hydrogen-bond donors (Lipinski definition) is 0. The molecule has 1 fully saturated rings. The molecular formula is C22H17ClF6O2. The Bertz CT molecular complexity index is 1020. The fourth-order valence-electron chi connectivity index (χ4n) is 3.55. The molecule has 0 aliphatic heterocycles. The van der Waals surface area contributed by atoms with E-state index in [1.807, 2.05) is 0 Å². The minimum absolute atomic E-state index is 0.0292. The summed E-state index contributed by atoms with van der Waals surface area (Å²) in [6.45, 7) is 2.70. The van der Waals surface area contributed by atoms with E-state index in [0.29, 0.717) is 6.07 Å². The topological polar surface area (TPSA) is 26.3 Å². The van der Waals surface area contributed by atoms with Gasteiger partial charge >= 0.3 is 12.1 Å². The molecule has 0 heterocycles. The van der Waals surface area contributed by atoms with Crippen LogP contribution in [-0.4, -0.2) is 12.1 Å². The second-order valence-corrected chi connectivity index (χ2v) is 8.29. The number of esters is 1. The first-order valence-corrected chi connectivity index (χ1v) is 9.55. The van der Waals surface area contributed by atoms with Gasteiger partial charge in [0, 0.05) is 17.2 Å². The number of ether oxygens (including phenoxy) is 1. The Labute approximate surface area is 179 Å². The third kappa shape index (κ3) is 4.89. The van der Waals surface area contributed by atoms with Crippen molar-refractivity contribution >= 4 is 17.6 Å². The van der Waals surface area contributed by atoms with Gasteiger partial charge < -0.3 is 4.74 Å². The minimum Gasteiger partial charge on any atom is -0.460 e. The Balaban J connectivity index is 1.74. The maximum atomic E-state index is 14.8. The van der Waals surface area contributed by atoms with Gasteiger partial charge in [-0.15, -0.1) is 0 Å². The van der Waals surface area contributed by atoms with Gasteiger partial charge in [0.25, 0.3) is 0 Å². The van der Waals surface area contributed by atoms with Crippen molar-refractivity contribution in [3.63, 3.8) is 0 Å². The fourth-order valence-corrected chi connectivity index (χ4v) is 3.69. The highest BCUT2D eigenvalue weighted by molar-refractivity contribution is 6.30. The van der Waals surface area contributed by atoms with E-state index in [-0.39, 0.29) is 16.7 Å². The fraction of sp³-hybridized carbons (Fsp3) is 0.318. The highest BCUT2D eigenvalue weighted by Gasteiger charge is 2.62. The maximum Gasteiger partial charge on any atom is 0.426 e. The zero-order chi connectivity index (χ0) is 23.1. The van der Waals surface area contributed by atoms with E-state index in [1.54, 1.807) is 13.8 Å². The zero-order valence-corrected chi connectivity index (χ0v) is 17.1. The SMILES string of the molecule is CC1(C)[C@H](C(=O)OCc2cccc(-c3cc(F)cc(F)c3)c2F)[C@@H]1/C=C(\Cl)C(F)(F)F. The van der Waals surface area contributed by atoms with Gasteiger partial charge in [0.1, 0.15) is 29.1 Å². The molecule has 2 nitrogen and oxygen atoms in total. The van der Waals surface area contributed by atoms with Gasteiger partial charge in [-0.2, -0.15) is 13.2 Å². The number of carbonyl (C=O) groups is 1. The van der Waals surface area contributed by atoms with Gasteiger partial charge in [0.15, 0.2) is 0 Å². The number of carbonyl (C=O) groups excluding carboxylic acids is 1. The van der Waals surface area contributed by atoms with Crippen molar-refractivity contribution in [3.8, 4) is 11.1 Å². The molecule has 31 heavy (non-hydrogen) atoms. The number of halogens is 7. The Kier molecular flexibility index (Phi) is 6.15. The van der Waals surface area contributed by atoms with Crippen LogP contribution in [0.1, 0.15) is 19.4 Å². The summed E-state index contributed by atoms with van der Waals surface area (Å²) in [5, 5.41) is -1.32. The summed E-state index contributed by atoms with van der Waals surface area (Å²) >= 11 is 5.26. The van der Waals surface area contributed by atoms with Crippen molar-refractivity contribution in [1.82, 2.24) is 0 Å². The lowest BCUT2D eigenvalue weighted by molar-refractivity contribution is -0.147. The average molecular weight is 463 g/mol. The number of benzene rings is 2. The first-order chi connectivity index (χ1) is 14.3. The number of allylic oxidation sites excluding steroid dienone is 2. The van der Waals surface area contributed by atoms with Crippen LogP contribution < -0.4 is 0 Å². The molecule has 0 N–H and O–H groups in total. The Morgan fingerprint density at radius 3 is 2.32 bits per heavy atom. The lowest BCUT2D eigenvalue weighted by Gasteiger charge is -2.10. The molecule has 1 saturated carbocycles. The van der Waals surface area contributed by atoms with Crippen molar-refractivity contribution in [3.05, 3.63) is 70.5 Å². The van der Waals surface area contributed by atoms with Crippen molar-refractivity contribution < 1.29 is 35.9 Å². The summed E-state index contributed by atoms with van der Waals surface area (Å²) in [4.78, 5) is 12.4. The van der Waals surface area contributed by atoms with Crippen LogP contribution >= 0.6 is 11.6 Å². The summed E-state index contributed by atoms with van der Waals surface area (Å²) < 4.78 is 84.8. The number of alkyl halides is 3. The van der Waals surface area contributed by atoms with E-state index in [1.165, 1.54) is 18.2 Å². The smallest absolute Gasteiger partial charge is 0.426 e. The molecule has 2 atom stereocenters. The summed E-state index contributed by atoms with van der Waals surface area (Å²) in [5.74, 6) is -5.02. The molecule has 2 aromatic rings. The van der Waals surface area contributed by atoms with E-state index >= 15 is 0 Å². The molecule has 166 valence electrons. The maximum absolute atomic E-state index is 14.8. The highest BCUT2D eigenvalue weighted by atomic mass is 35.5. The summed E-state index contributed by atoms with van der Waals surface area (Å²) in [7, 11) is 0.